The third-order valence-electron chi connectivity index (χ3n) is 5.93. The van der Waals surface area contributed by atoms with E-state index >= 15 is 0 Å². The van der Waals surface area contributed by atoms with Gasteiger partial charge in [-0.05, 0) is 44.9 Å². The van der Waals surface area contributed by atoms with Gasteiger partial charge >= 0.3 is 0 Å². The number of carbonyl (C=O) groups excluding carboxylic acids is 1. The molecule has 1 saturated heterocycles. The molecule has 0 saturated carbocycles. The molecule has 4 heterocycles. The van der Waals surface area contributed by atoms with E-state index in [1.165, 1.54) is 12.8 Å². The molecule has 0 spiro atoms. The molecule has 3 aromatic heterocycles. The molecule has 0 radical (unpaired) electrons. The first-order valence-electron chi connectivity index (χ1n) is 11.1. The van der Waals surface area contributed by atoms with Crippen LogP contribution in [0.5, 0.6) is 0 Å². The second-order valence-corrected chi connectivity index (χ2v) is 9.46. The van der Waals surface area contributed by atoms with Gasteiger partial charge in [0.05, 0.1) is 28.1 Å². The summed E-state index contributed by atoms with van der Waals surface area (Å²) in [6, 6.07) is 5.94. The number of likely N-dealkylation sites (tertiary alicyclic amines) is 1. The molecule has 9 heteroatoms. The topological polar surface area (TPSA) is 89.9 Å². The van der Waals surface area contributed by atoms with Crippen molar-refractivity contribution in [3.63, 3.8) is 0 Å². The summed E-state index contributed by atoms with van der Waals surface area (Å²) in [5.41, 5.74) is 3.58. The van der Waals surface area contributed by atoms with Gasteiger partial charge in [0.25, 0.3) is 5.89 Å². The van der Waals surface area contributed by atoms with Crippen LogP contribution in [0.4, 0.5) is 0 Å². The summed E-state index contributed by atoms with van der Waals surface area (Å²) in [7, 11) is 0. The van der Waals surface area contributed by atoms with Crippen LogP contribution in [0, 0.1) is 13.8 Å². The summed E-state index contributed by atoms with van der Waals surface area (Å²) >= 11 is 1.55. The lowest BCUT2D eigenvalue weighted by Gasteiger charge is -2.20. The van der Waals surface area contributed by atoms with E-state index in [0.29, 0.717) is 24.7 Å². The maximum atomic E-state index is 12.6. The second kappa shape index (κ2) is 8.82. The highest BCUT2D eigenvalue weighted by Crippen LogP contribution is 2.30. The van der Waals surface area contributed by atoms with Crippen LogP contribution in [0.2, 0.25) is 0 Å². The fraction of sp³-hybridized carbons (Fsp3) is 0.435. The number of imidazole rings is 1. The maximum absolute atomic E-state index is 12.6. The molecule has 1 aliphatic heterocycles. The first-order valence-corrected chi connectivity index (χ1v) is 11.9. The van der Waals surface area contributed by atoms with Crippen LogP contribution >= 0.6 is 11.3 Å². The molecule has 5 rings (SSSR count). The third-order valence-corrected chi connectivity index (χ3v) is 6.99. The van der Waals surface area contributed by atoms with Crippen molar-refractivity contribution in [3.05, 3.63) is 35.2 Å². The van der Waals surface area contributed by atoms with Gasteiger partial charge in [-0.15, -0.1) is 11.3 Å². The van der Waals surface area contributed by atoms with E-state index < -0.39 is 0 Å². The van der Waals surface area contributed by atoms with Gasteiger partial charge in [-0.2, -0.15) is 4.98 Å². The first kappa shape index (κ1) is 20.8. The second-order valence-electron chi connectivity index (χ2n) is 8.26. The molecule has 0 N–H and O–H groups in total. The SMILES string of the molecule is Cc1nc(C)c(-c2nc(-c3ccc4c(c3)ncn4CCC(=O)N3CCCCCC3)no2)s1. The smallest absolute Gasteiger partial charge is 0.270 e. The predicted molar refractivity (Wildman–Crippen MR) is 123 cm³/mol. The fourth-order valence-electron chi connectivity index (χ4n) is 4.24. The zero-order valence-electron chi connectivity index (χ0n) is 18.4. The molecular weight excluding hydrogens is 424 g/mol. The minimum Gasteiger partial charge on any atom is -0.343 e. The lowest BCUT2D eigenvalue weighted by atomic mass is 10.2. The van der Waals surface area contributed by atoms with Gasteiger partial charge in [-0.1, -0.05) is 18.0 Å². The van der Waals surface area contributed by atoms with Crippen molar-refractivity contribution in [2.75, 3.05) is 13.1 Å². The molecule has 1 aliphatic rings. The number of carbonyl (C=O) groups is 1. The van der Waals surface area contributed by atoms with E-state index in [-0.39, 0.29) is 5.91 Å². The van der Waals surface area contributed by atoms with E-state index in [1.807, 2.05) is 41.5 Å². The molecule has 1 aromatic carbocycles. The number of aromatic nitrogens is 5. The van der Waals surface area contributed by atoms with E-state index in [4.69, 9.17) is 4.52 Å². The Hall–Kier alpha value is -3.07. The van der Waals surface area contributed by atoms with Crippen molar-refractivity contribution in [3.8, 4) is 22.2 Å². The van der Waals surface area contributed by atoms with Gasteiger partial charge < -0.3 is 14.0 Å². The van der Waals surface area contributed by atoms with Crippen molar-refractivity contribution in [2.45, 2.75) is 52.5 Å². The molecular formula is C23H26N6O2S. The standard InChI is InChI=1S/C23H26N6O2S/c1-15-21(32-16(2)25-15)23-26-22(27-31-23)17-7-8-19-18(13-17)24-14-29(19)12-9-20(30)28-10-5-3-4-6-11-28/h7-8,13-14H,3-6,9-12H2,1-2H3. The molecule has 32 heavy (non-hydrogen) atoms. The van der Waals surface area contributed by atoms with E-state index in [9.17, 15) is 4.79 Å². The number of nitrogens with zero attached hydrogens (tertiary/aromatic N) is 6. The number of benzene rings is 1. The first-order chi connectivity index (χ1) is 15.6. The van der Waals surface area contributed by atoms with Gasteiger partial charge in [-0.25, -0.2) is 9.97 Å². The molecule has 0 aliphatic carbocycles. The summed E-state index contributed by atoms with van der Waals surface area (Å²) in [4.78, 5) is 29.1. The quantitative estimate of drug-likeness (QED) is 0.441. The summed E-state index contributed by atoms with van der Waals surface area (Å²) in [6.45, 7) is 6.31. The van der Waals surface area contributed by atoms with Crippen LogP contribution in [-0.2, 0) is 11.3 Å². The van der Waals surface area contributed by atoms with Crippen molar-refractivity contribution in [2.24, 2.45) is 0 Å². The number of hydrogen-bond donors (Lipinski definition) is 0. The highest BCUT2D eigenvalue weighted by Gasteiger charge is 2.18. The van der Waals surface area contributed by atoms with Gasteiger partial charge in [0.1, 0.15) is 4.88 Å². The number of fused-ring (bicyclic) bond motifs is 1. The highest BCUT2D eigenvalue weighted by atomic mass is 32.1. The molecule has 1 amide bonds. The van der Waals surface area contributed by atoms with Crippen molar-refractivity contribution < 1.29 is 9.32 Å². The molecule has 4 aromatic rings. The molecule has 0 bridgehead atoms. The number of aryl methyl sites for hydroxylation is 3. The van der Waals surface area contributed by atoms with Gasteiger partial charge in [0.2, 0.25) is 11.7 Å². The number of rotatable bonds is 5. The average Bonchev–Trinajstić information content (AvgIpc) is 3.44. The molecule has 8 nitrogen and oxygen atoms in total. The lowest BCUT2D eigenvalue weighted by molar-refractivity contribution is -0.131. The Balaban J connectivity index is 1.31. The van der Waals surface area contributed by atoms with Crippen molar-refractivity contribution >= 4 is 28.3 Å². The fourth-order valence-corrected chi connectivity index (χ4v) is 5.08. The Morgan fingerprint density at radius 1 is 1.12 bits per heavy atom. The largest absolute Gasteiger partial charge is 0.343 e. The van der Waals surface area contributed by atoms with Crippen molar-refractivity contribution in [1.29, 1.82) is 0 Å². The molecule has 0 unspecified atom stereocenters. The lowest BCUT2D eigenvalue weighted by Crippen LogP contribution is -2.32. The van der Waals surface area contributed by atoms with Crippen LogP contribution in [0.1, 0.15) is 42.8 Å². The summed E-state index contributed by atoms with van der Waals surface area (Å²) in [6.07, 6.45) is 6.97. The van der Waals surface area contributed by atoms with Gasteiger partial charge in [0.15, 0.2) is 0 Å². The minimum absolute atomic E-state index is 0.235. The number of thiazole rings is 1. The Kier molecular flexibility index (Phi) is 5.73. The summed E-state index contributed by atoms with van der Waals surface area (Å²) < 4.78 is 7.53. The maximum Gasteiger partial charge on any atom is 0.270 e. The van der Waals surface area contributed by atoms with E-state index in [2.05, 4.69) is 20.1 Å². The summed E-state index contributed by atoms with van der Waals surface area (Å²) in [5.74, 6) is 1.25. The molecule has 166 valence electrons. The Labute approximate surface area is 190 Å². The van der Waals surface area contributed by atoms with Crippen LogP contribution < -0.4 is 0 Å². The van der Waals surface area contributed by atoms with Crippen LogP contribution in [0.3, 0.4) is 0 Å². The average molecular weight is 451 g/mol. The zero-order chi connectivity index (χ0) is 22.1. The van der Waals surface area contributed by atoms with E-state index in [0.717, 1.165) is 58.1 Å². The highest BCUT2D eigenvalue weighted by molar-refractivity contribution is 7.15. The van der Waals surface area contributed by atoms with Crippen LogP contribution in [0.25, 0.3) is 33.2 Å². The van der Waals surface area contributed by atoms with Crippen LogP contribution in [-0.4, -0.2) is 48.6 Å². The van der Waals surface area contributed by atoms with Crippen LogP contribution in [0.15, 0.2) is 29.0 Å². The Morgan fingerprint density at radius 2 is 1.94 bits per heavy atom. The number of hydrogen-bond acceptors (Lipinski definition) is 7. The minimum atomic E-state index is 0.235. The van der Waals surface area contributed by atoms with E-state index in [1.54, 1.807) is 17.7 Å². The Morgan fingerprint density at radius 3 is 2.69 bits per heavy atom. The zero-order valence-corrected chi connectivity index (χ0v) is 19.2. The Bertz CT molecular complexity index is 1250. The van der Waals surface area contributed by atoms with Crippen molar-refractivity contribution in [1.82, 2.24) is 29.6 Å². The number of amides is 1. The third kappa shape index (κ3) is 4.17. The monoisotopic (exact) mass is 450 g/mol. The molecule has 1 fully saturated rings. The normalized spacial score (nSPS) is 14.8. The summed E-state index contributed by atoms with van der Waals surface area (Å²) in [5, 5.41) is 5.12. The molecule has 0 atom stereocenters. The van der Waals surface area contributed by atoms with Gasteiger partial charge in [0, 0.05) is 31.6 Å². The van der Waals surface area contributed by atoms with Gasteiger partial charge in [-0.3, -0.25) is 4.79 Å². The predicted octanol–water partition coefficient (Wildman–Crippen LogP) is 4.62.